The fourth-order valence-electron chi connectivity index (χ4n) is 1.41. The van der Waals surface area contributed by atoms with Gasteiger partial charge in [-0.25, -0.2) is 0 Å². The maximum absolute atomic E-state index is 12.6. The van der Waals surface area contributed by atoms with E-state index in [4.69, 9.17) is 9.05 Å². The molecule has 0 aromatic rings. The molecule has 0 aliphatic carbocycles. The van der Waals surface area contributed by atoms with Gasteiger partial charge in [-0.3, -0.25) is 9.36 Å². The van der Waals surface area contributed by atoms with Crippen LogP contribution in [-0.2, 0) is 23.1 Å². The Morgan fingerprint density at radius 2 is 1.72 bits per heavy atom. The lowest BCUT2D eigenvalue weighted by atomic mass is 10.2. The van der Waals surface area contributed by atoms with Crippen LogP contribution in [0, 0.1) is 0 Å². The first kappa shape index (κ1) is 17.4. The third-order valence-electron chi connectivity index (χ3n) is 2.22. The minimum absolute atomic E-state index is 0.222. The summed E-state index contributed by atoms with van der Waals surface area (Å²) in [6.45, 7) is 7.67. The predicted molar refractivity (Wildman–Crippen MR) is 70.7 cm³/mol. The minimum Gasteiger partial charge on any atom is -0.468 e. The lowest BCUT2D eigenvalue weighted by molar-refractivity contribution is -0.140. The molecule has 0 unspecified atom stereocenters. The highest BCUT2D eigenvalue weighted by Crippen LogP contribution is 2.54. The molecule has 0 saturated carbocycles. The van der Waals surface area contributed by atoms with Crippen LogP contribution in [-0.4, -0.2) is 32.0 Å². The molecule has 5 nitrogen and oxygen atoms in total. The zero-order valence-corrected chi connectivity index (χ0v) is 12.7. The van der Waals surface area contributed by atoms with Crippen LogP contribution in [0.2, 0.25) is 0 Å². The average Bonchev–Trinajstić information content (AvgIpc) is 2.28. The molecule has 0 radical (unpaired) electrons. The molecule has 0 heterocycles. The molecule has 1 atom stereocenters. The van der Waals surface area contributed by atoms with Gasteiger partial charge in [0.15, 0.2) is 5.66 Å². The Hall–Kier alpha value is -0.640. The molecule has 0 aliphatic rings. The van der Waals surface area contributed by atoms with Crippen molar-refractivity contribution in [2.24, 2.45) is 0 Å². The van der Waals surface area contributed by atoms with Crippen LogP contribution in [0.15, 0.2) is 11.6 Å². The molecule has 18 heavy (non-hydrogen) atoms. The van der Waals surface area contributed by atoms with Gasteiger partial charge in [-0.1, -0.05) is 11.6 Å². The molecular weight excluding hydrogens is 255 g/mol. The molecule has 0 aliphatic heterocycles. The first-order chi connectivity index (χ1) is 8.41. The van der Waals surface area contributed by atoms with Gasteiger partial charge in [0.05, 0.1) is 20.3 Å². The van der Waals surface area contributed by atoms with Crippen molar-refractivity contribution in [1.29, 1.82) is 0 Å². The largest absolute Gasteiger partial charge is 0.468 e. The van der Waals surface area contributed by atoms with Gasteiger partial charge in [-0.2, -0.15) is 0 Å². The first-order valence-corrected chi connectivity index (χ1v) is 7.62. The molecule has 0 aromatic heterocycles. The zero-order valence-electron chi connectivity index (χ0n) is 11.8. The SMILES string of the molecule is CCOP(=O)(OCC)[C@@H](CC=C(C)C)C(=O)OC. The fraction of sp³-hybridized carbons (Fsp3) is 0.750. The molecule has 0 fully saturated rings. The normalized spacial score (nSPS) is 12.9. The summed E-state index contributed by atoms with van der Waals surface area (Å²) in [5, 5.41) is 0. The molecular formula is C12H23O5P. The number of hydrogen-bond acceptors (Lipinski definition) is 5. The van der Waals surface area contributed by atoms with Gasteiger partial charge in [-0.15, -0.1) is 0 Å². The number of methoxy groups -OCH3 is 1. The zero-order chi connectivity index (χ0) is 14.2. The monoisotopic (exact) mass is 278 g/mol. The maximum atomic E-state index is 12.6. The van der Waals surface area contributed by atoms with Crippen molar-refractivity contribution in [3.05, 3.63) is 11.6 Å². The molecule has 0 bridgehead atoms. The second-order valence-corrected chi connectivity index (χ2v) is 6.15. The van der Waals surface area contributed by atoms with Crippen LogP contribution in [0.4, 0.5) is 0 Å². The second-order valence-electron chi connectivity index (χ2n) is 3.93. The topological polar surface area (TPSA) is 61.8 Å². The molecule has 0 rings (SSSR count). The van der Waals surface area contributed by atoms with E-state index in [9.17, 15) is 9.36 Å². The highest BCUT2D eigenvalue weighted by atomic mass is 31.2. The van der Waals surface area contributed by atoms with Gasteiger partial charge in [0, 0.05) is 0 Å². The van der Waals surface area contributed by atoms with E-state index in [-0.39, 0.29) is 19.6 Å². The maximum Gasteiger partial charge on any atom is 0.345 e. The van der Waals surface area contributed by atoms with E-state index in [1.165, 1.54) is 7.11 Å². The Bertz CT molecular complexity index is 323. The molecule has 0 aromatic carbocycles. The van der Waals surface area contributed by atoms with Crippen molar-refractivity contribution >= 4 is 13.6 Å². The Balaban J connectivity index is 5.16. The lowest BCUT2D eigenvalue weighted by Crippen LogP contribution is -2.24. The van der Waals surface area contributed by atoms with E-state index in [1.807, 2.05) is 19.9 Å². The third-order valence-corrected chi connectivity index (χ3v) is 4.64. The molecule has 0 spiro atoms. The summed E-state index contributed by atoms with van der Waals surface area (Å²) in [4.78, 5) is 11.7. The summed E-state index contributed by atoms with van der Waals surface area (Å²) in [5.41, 5.74) is 0.126. The van der Waals surface area contributed by atoms with Crippen LogP contribution in [0.3, 0.4) is 0 Å². The van der Waals surface area contributed by atoms with E-state index in [0.29, 0.717) is 0 Å². The van der Waals surface area contributed by atoms with E-state index in [0.717, 1.165) is 5.57 Å². The quantitative estimate of drug-likeness (QED) is 0.388. The van der Waals surface area contributed by atoms with Gasteiger partial charge >= 0.3 is 13.6 Å². The Morgan fingerprint density at radius 1 is 1.22 bits per heavy atom. The molecule has 6 heteroatoms. The van der Waals surface area contributed by atoms with Crippen molar-refractivity contribution in [3.8, 4) is 0 Å². The lowest BCUT2D eigenvalue weighted by Gasteiger charge is -2.23. The van der Waals surface area contributed by atoms with Crippen molar-refractivity contribution in [3.63, 3.8) is 0 Å². The summed E-state index contributed by atoms with van der Waals surface area (Å²) in [6.07, 6.45) is 2.11. The second kappa shape index (κ2) is 8.46. The van der Waals surface area contributed by atoms with Crippen LogP contribution >= 0.6 is 7.60 Å². The molecule has 0 saturated heterocycles. The Morgan fingerprint density at radius 3 is 2.06 bits per heavy atom. The number of hydrogen-bond donors (Lipinski definition) is 0. The summed E-state index contributed by atoms with van der Waals surface area (Å²) < 4.78 is 27.6. The van der Waals surface area contributed by atoms with Gasteiger partial charge in [0.1, 0.15) is 0 Å². The minimum atomic E-state index is -3.48. The number of allylic oxidation sites excluding steroid dienone is 2. The Kier molecular flexibility index (Phi) is 8.16. The van der Waals surface area contributed by atoms with Crippen molar-refractivity contribution in [2.75, 3.05) is 20.3 Å². The highest BCUT2D eigenvalue weighted by Gasteiger charge is 2.41. The summed E-state index contributed by atoms with van der Waals surface area (Å²) >= 11 is 0. The van der Waals surface area contributed by atoms with Crippen molar-refractivity contribution in [1.82, 2.24) is 0 Å². The van der Waals surface area contributed by atoms with Crippen LogP contribution in [0.1, 0.15) is 34.1 Å². The number of ether oxygens (including phenoxy) is 1. The fourth-order valence-corrected chi connectivity index (χ4v) is 3.30. The summed E-state index contributed by atoms with van der Waals surface area (Å²) in [6, 6.07) is 0. The van der Waals surface area contributed by atoms with E-state index >= 15 is 0 Å². The number of esters is 1. The number of carbonyl (C=O) groups is 1. The number of carbonyl (C=O) groups excluding carboxylic acids is 1. The third kappa shape index (κ3) is 5.34. The van der Waals surface area contributed by atoms with Gasteiger partial charge in [0.25, 0.3) is 0 Å². The highest BCUT2D eigenvalue weighted by molar-refractivity contribution is 7.55. The van der Waals surface area contributed by atoms with E-state index in [2.05, 4.69) is 4.74 Å². The molecule has 0 amide bonds. The first-order valence-electron chi connectivity index (χ1n) is 6.01. The van der Waals surface area contributed by atoms with E-state index < -0.39 is 19.2 Å². The van der Waals surface area contributed by atoms with Gasteiger partial charge in [0.2, 0.25) is 0 Å². The van der Waals surface area contributed by atoms with E-state index in [1.54, 1.807) is 13.8 Å². The Labute approximate surface area is 109 Å². The van der Waals surface area contributed by atoms with Crippen LogP contribution in [0.25, 0.3) is 0 Å². The van der Waals surface area contributed by atoms with Crippen molar-refractivity contribution < 1.29 is 23.1 Å². The smallest absolute Gasteiger partial charge is 0.345 e. The van der Waals surface area contributed by atoms with Gasteiger partial charge < -0.3 is 13.8 Å². The van der Waals surface area contributed by atoms with Crippen LogP contribution in [0.5, 0.6) is 0 Å². The average molecular weight is 278 g/mol. The predicted octanol–water partition coefficient (Wildman–Crippen LogP) is 3.15. The summed E-state index contributed by atoms with van der Waals surface area (Å²) in [5.74, 6) is -0.572. The van der Waals surface area contributed by atoms with Crippen LogP contribution < -0.4 is 0 Å². The molecule has 0 N–H and O–H groups in total. The van der Waals surface area contributed by atoms with Gasteiger partial charge in [-0.05, 0) is 34.1 Å². The standard InChI is InChI=1S/C12H23O5P/c1-6-16-18(14,17-7-2)11(12(13)15-5)9-8-10(3)4/h8,11H,6-7,9H2,1-5H3/t11-/m0/s1. The summed E-state index contributed by atoms with van der Waals surface area (Å²) in [7, 11) is -2.21. The molecule has 106 valence electrons. The number of rotatable bonds is 8. The van der Waals surface area contributed by atoms with Crippen molar-refractivity contribution in [2.45, 2.75) is 39.8 Å².